The van der Waals surface area contributed by atoms with Crippen molar-refractivity contribution in [3.8, 4) is 0 Å². The van der Waals surface area contributed by atoms with E-state index in [2.05, 4.69) is 6.07 Å². The second kappa shape index (κ2) is 7.74. The molecule has 5 rings (SSSR count). The SMILES string of the molecule is Cc1cccc(CN2C(=O)[C@]3(SCCN3C(=O)c3cccc(Cl)c3)c3ccccc32)c1. The van der Waals surface area contributed by atoms with E-state index in [1.54, 1.807) is 29.2 Å². The molecule has 2 heterocycles. The molecule has 2 aliphatic rings. The number of para-hydroxylation sites is 1. The Kier molecular flexibility index (Phi) is 5.03. The first kappa shape index (κ1) is 20.2. The lowest BCUT2D eigenvalue weighted by atomic mass is 10.0. The average Bonchev–Trinajstić information content (AvgIpc) is 3.31. The van der Waals surface area contributed by atoms with E-state index in [9.17, 15) is 9.59 Å². The molecule has 0 unspecified atom stereocenters. The van der Waals surface area contributed by atoms with Gasteiger partial charge in [0.05, 0.1) is 12.2 Å². The third-order valence-electron chi connectivity index (χ3n) is 5.84. The van der Waals surface area contributed by atoms with Gasteiger partial charge >= 0.3 is 0 Å². The van der Waals surface area contributed by atoms with Crippen molar-refractivity contribution < 1.29 is 9.59 Å². The molecule has 1 fully saturated rings. The monoisotopic (exact) mass is 448 g/mol. The van der Waals surface area contributed by atoms with Crippen LogP contribution in [0.2, 0.25) is 5.02 Å². The topological polar surface area (TPSA) is 40.6 Å². The largest absolute Gasteiger partial charge is 0.311 e. The van der Waals surface area contributed by atoms with Crippen LogP contribution in [0.25, 0.3) is 0 Å². The molecule has 6 heteroatoms. The molecule has 1 spiro atoms. The molecule has 2 aliphatic heterocycles. The molecule has 2 amide bonds. The second-order valence-electron chi connectivity index (χ2n) is 7.86. The van der Waals surface area contributed by atoms with Crippen LogP contribution in [0.15, 0.2) is 72.8 Å². The van der Waals surface area contributed by atoms with E-state index in [-0.39, 0.29) is 11.8 Å². The summed E-state index contributed by atoms with van der Waals surface area (Å²) in [5, 5.41) is 0.506. The van der Waals surface area contributed by atoms with Crippen LogP contribution in [-0.4, -0.2) is 29.0 Å². The third-order valence-corrected chi connectivity index (χ3v) is 7.50. The summed E-state index contributed by atoms with van der Waals surface area (Å²) in [7, 11) is 0. The number of hydrogen-bond acceptors (Lipinski definition) is 3. The number of carbonyl (C=O) groups is 2. The fourth-order valence-corrected chi connectivity index (χ4v) is 6.15. The minimum Gasteiger partial charge on any atom is -0.311 e. The fourth-order valence-electron chi connectivity index (χ4n) is 4.50. The second-order valence-corrected chi connectivity index (χ2v) is 9.58. The van der Waals surface area contributed by atoms with Gasteiger partial charge in [-0.3, -0.25) is 9.59 Å². The van der Waals surface area contributed by atoms with Crippen LogP contribution in [0, 0.1) is 6.92 Å². The molecule has 0 aromatic heterocycles. The summed E-state index contributed by atoms with van der Waals surface area (Å²) in [4.78, 5) is 30.0. The average molecular weight is 449 g/mol. The summed E-state index contributed by atoms with van der Waals surface area (Å²) in [6, 6.07) is 22.9. The Morgan fingerprint density at radius 1 is 1.06 bits per heavy atom. The lowest BCUT2D eigenvalue weighted by Crippen LogP contribution is -2.50. The van der Waals surface area contributed by atoms with E-state index in [1.807, 2.05) is 54.3 Å². The highest BCUT2D eigenvalue weighted by Crippen LogP contribution is 2.54. The first-order chi connectivity index (χ1) is 15.0. The number of rotatable bonds is 3. The van der Waals surface area contributed by atoms with Crippen molar-refractivity contribution in [1.29, 1.82) is 0 Å². The van der Waals surface area contributed by atoms with Gasteiger partial charge in [0.25, 0.3) is 11.8 Å². The molecule has 0 aliphatic carbocycles. The molecular weight excluding hydrogens is 428 g/mol. The van der Waals surface area contributed by atoms with Crippen molar-refractivity contribution in [3.05, 3.63) is 100 Å². The summed E-state index contributed by atoms with van der Waals surface area (Å²) in [6.45, 7) is 3.02. The molecule has 31 heavy (non-hydrogen) atoms. The summed E-state index contributed by atoms with van der Waals surface area (Å²) >= 11 is 7.67. The molecule has 4 nitrogen and oxygen atoms in total. The molecule has 1 saturated heterocycles. The number of fused-ring (bicyclic) bond motifs is 2. The van der Waals surface area contributed by atoms with Gasteiger partial charge in [0.1, 0.15) is 0 Å². The van der Waals surface area contributed by atoms with Gasteiger partial charge in [-0.2, -0.15) is 0 Å². The van der Waals surface area contributed by atoms with Crippen LogP contribution >= 0.6 is 23.4 Å². The maximum atomic E-state index is 14.0. The Bertz CT molecular complexity index is 1200. The van der Waals surface area contributed by atoms with Crippen molar-refractivity contribution in [2.45, 2.75) is 18.3 Å². The van der Waals surface area contributed by atoms with E-state index >= 15 is 0 Å². The number of benzene rings is 3. The maximum absolute atomic E-state index is 14.0. The first-order valence-corrected chi connectivity index (χ1v) is 11.6. The number of carbonyl (C=O) groups excluding carboxylic acids is 2. The lowest BCUT2D eigenvalue weighted by Gasteiger charge is -2.33. The van der Waals surface area contributed by atoms with E-state index in [0.29, 0.717) is 29.4 Å². The molecule has 0 N–H and O–H groups in total. The minimum atomic E-state index is -1.04. The third kappa shape index (κ3) is 3.24. The molecular formula is C25H21ClN2O2S. The van der Waals surface area contributed by atoms with E-state index < -0.39 is 4.87 Å². The summed E-state index contributed by atoms with van der Waals surface area (Å²) < 4.78 is 0. The van der Waals surface area contributed by atoms with Crippen molar-refractivity contribution in [1.82, 2.24) is 4.90 Å². The Hall–Kier alpha value is -2.76. The molecule has 156 valence electrons. The zero-order valence-corrected chi connectivity index (χ0v) is 18.6. The summed E-state index contributed by atoms with van der Waals surface area (Å²) in [5.41, 5.74) is 4.46. The fraction of sp³-hybridized carbons (Fsp3) is 0.200. The van der Waals surface area contributed by atoms with Crippen molar-refractivity contribution >= 4 is 40.9 Å². The van der Waals surface area contributed by atoms with Gasteiger partial charge in [0, 0.05) is 28.4 Å². The number of hydrogen-bond donors (Lipinski definition) is 0. The predicted octanol–water partition coefficient (Wildman–Crippen LogP) is 5.24. The van der Waals surface area contributed by atoms with Gasteiger partial charge < -0.3 is 9.80 Å². The van der Waals surface area contributed by atoms with E-state index in [4.69, 9.17) is 11.6 Å². The summed E-state index contributed by atoms with van der Waals surface area (Å²) in [5.74, 6) is 0.464. The first-order valence-electron chi connectivity index (χ1n) is 10.2. The quantitative estimate of drug-likeness (QED) is 0.550. The van der Waals surface area contributed by atoms with Gasteiger partial charge in [0.15, 0.2) is 4.87 Å². The van der Waals surface area contributed by atoms with Gasteiger partial charge in [0.2, 0.25) is 0 Å². The summed E-state index contributed by atoms with van der Waals surface area (Å²) in [6.07, 6.45) is 0. The van der Waals surface area contributed by atoms with Crippen LogP contribution in [0.3, 0.4) is 0 Å². The number of anilines is 1. The molecule has 1 atom stereocenters. The van der Waals surface area contributed by atoms with Crippen LogP contribution in [0.1, 0.15) is 27.0 Å². The Morgan fingerprint density at radius 2 is 1.87 bits per heavy atom. The highest BCUT2D eigenvalue weighted by Gasteiger charge is 2.59. The van der Waals surface area contributed by atoms with E-state index in [1.165, 1.54) is 11.8 Å². The zero-order chi connectivity index (χ0) is 21.6. The Balaban J connectivity index is 1.58. The Labute approximate surface area is 190 Å². The highest BCUT2D eigenvalue weighted by atomic mass is 35.5. The van der Waals surface area contributed by atoms with Crippen LogP contribution in [-0.2, 0) is 16.2 Å². The predicted molar refractivity (Wildman–Crippen MR) is 125 cm³/mol. The van der Waals surface area contributed by atoms with Crippen molar-refractivity contribution in [2.75, 3.05) is 17.2 Å². The molecule has 3 aromatic rings. The normalized spacial score (nSPS) is 19.9. The van der Waals surface area contributed by atoms with Gasteiger partial charge in [-0.25, -0.2) is 0 Å². The maximum Gasteiger partial charge on any atom is 0.268 e. The Morgan fingerprint density at radius 3 is 2.68 bits per heavy atom. The van der Waals surface area contributed by atoms with Crippen LogP contribution < -0.4 is 4.90 Å². The van der Waals surface area contributed by atoms with Crippen molar-refractivity contribution in [3.63, 3.8) is 0 Å². The van der Waals surface area contributed by atoms with Gasteiger partial charge in [-0.15, -0.1) is 11.8 Å². The number of thioether (sulfide) groups is 1. The lowest BCUT2D eigenvalue weighted by molar-refractivity contribution is -0.123. The van der Waals surface area contributed by atoms with Gasteiger partial charge in [-0.05, 0) is 36.8 Å². The minimum absolute atomic E-state index is 0.0620. The number of amides is 2. The highest BCUT2D eigenvalue weighted by molar-refractivity contribution is 8.01. The number of halogens is 1. The molecule has 0 saturated carbocycles. The van der Waals surface area contributed by atoms with Crippen molar-refractivity contribution in [2.24, 2.45) is 0 Å². The number of nitrogens with zero attached hydrogens (tertiary/aromatic N) is 2. The van der Waals surface area contributed by atoms with E-state index in [0.717, 1.165) is 22.4 Å². The van der Waals surface area contributed by atoms with Crippen LogP contribution in [0.5, 0.6) is 0 Å². The molecule has 0 bridgehead atoms. The smallest absolute Gasteiger partial charge is 0.268 e. The van der Waals surface area contributed by atoms with Crippen LogP contribution in [0.4, 0.5) is 5.69 Å². The standard InChI is InChI=1S/C25H21ClN2O2S/c1-17-6-4-7-18(14-17)16-27-22-11-3-2-10-21(22)25(24(27)30)28(12-13-31-25)23(29)19-8-5-9-20(26)15-19/h2-11,14-15H,12-13,16H2,1H3/t25-/m1/s1. The zero-order valence-electron chi connectivity index (χ0n) is 17.0. The number of aryl methyl sites for hydroxylation is 1. The molecule has 0 radical (unpaired) electrons. The van der Waals surface area contributed by atoms with Gasteiger partial charge in [-0.1, -0.05) is 65.7 Å². The molecule has 3 aromatic carbocycles.